The zero-order chi connectivity index (χ0) is 26.5. The number of hydroxylamine groups is 1. The van der Waals surface area contributed by atoms with Crippen LogP contribution < -0.4 is 11.0 Å². The van der Waals surface area contributed by atoms with E-state index in [4.69, 9.17) is 9.57 Å². The number of benzene rings is 1. The quantitative estimate of drug-likeness (QED) is 0.422. The summed E-state index contributed by atoms with van der Waals surface area (Å²) in [5, 5.41) is 0. The zero-order valence-corrected chi connectivity index (χ0v) is 21.6. The average Bonchev–Trinajstić information content (AvgIpc) is 2.91. The number of hydrogen-bond donors (Lipinski definition) is 1. The van der Waals surface area contributed by atoms with Crippen LogP contribution in [0.5, 0.6) is 0 Å². The van der Waals surface area contributed by atoms with Crippen molar-refractivity contribution in [3.63, 3.8) is 0 Å². The van der Waals surface area contributed by atoms with E-state index in [1.54, 1.807) is 30.7 Å². The molecule has 2 aromatic heterocycles. The molecule has 1 aliphatic rings. The van der Waals surface area contributed by atoms with Gasteiger partial charge in [-0.25, -0.2) is 28.7 Å². The number of aromatic nitrogens is 3. The molecule has 3 aromatic rings. The third kappa shape index (κ3) is 6.30. The zero-order valence-electron chi connectivity index (χ0n) is 20.8. The number of nitrogens with one attached hydrogen (secondary N) is 1. The fourth-order valence-electron chi connectivity index (χ4n) is 3.96. The van der Waals surface area contributed by atoms with Crippen LogP contribution >= 0.6 is 0 Å². The van der Waals surface area contributed by atoms with Crippen molar-refractivity contribution in [3.8, 4) is 22.5 Å². The van der Waals surface area contributed by atoms with E-state index in [0.29, 0.717) is 24.4 Å². The summed E-state index contributed by atoms with van der Waals surface area (Å²) in [6.07, 6.45) is 7.64. The second-order valence-electron chi connectivity index (χ2n) is 9.19. The van der Waals surface area contributed by atoms with E-state index in [1.807, 2.05) is 24.3 Å². The van der Waals surface area contributed by atoms with Crippen molar-refractivity contribution < 1.29 is 22.8 Å². The van der Waals surface area contributed by atoms with Crippen LogP contribution in [0, 0.1) is 0 Å². The number of carbonyl (C=O) groups excluding carboxylic acids is 1. The maximum absolute atomic E-state index is 12.9. The van der Waals surface area contributed by atoms with Gasteiger partial charge in [-0.15, -0.1) is 0 Å². The van der Waals surface area contributed by atoms with Gasteiger partial charge in [0.05, 0.1) is 0 Å². The van der Waals surface area contributed by atoms with Gasteiger partial charge in [-0.05, 0) is 49.4 Å². The van der Waals surface area contributed by atoms with E-state index >= 15 is 0 Å². The Labute approximate surface area is 215 Å². The number of carbonyl (C=O) groups is 1. The van der Waals surface area contributed by atoms with Crippen molar-refractivity contribution in [3.05, 3.63) is 71.4 Å². The maximum Gasteiger partial charge on any atom is 0.264 e. The minimum absolute atomic E-state index is 0.0281. The highest BCUT2D eigenvalue weighted by Crippen LogP contribution is 2.24. The molecule has 1 aliphatic heterocycles. The Morgan fingerprint density at radius 3 is 2.46 bits per heavy atom. The average molecular weight is 527 g/mol. The Bertz CT molecular complexity index is 1390. The molecule has 1 fully saturated rings. The Balaban J connectivity index is 1.44. The van der Waals surface area contributed by atoms with E-state index in [9.17, 15) is 18.0 Å². The van der Waals surface area contributed by atoms with Crippen molar-refractivity contribution in [2.24, 2.45) is 0 Å². The highest BCUT2D eigenvalue weighted by Gasteiger charge is 2.44. The van der Waals surface area contributed by atoms with Crippen molar-refractivity contribution >= 4 is 15.7 Å². The number of aryl methyl sites for hydroxylation is 1. The first-order valence-corrected chi connectivity index (χ1v) is 13.9. The van der Waals surface area contributed by atoms with Crippen molar-refractivity contribution in [2.45, 2.75) is 50.2 Å². The van der Waals surface area contributed by atoms with Crippen molar-refractivity contribution in [1.82, 2.24) is 20.0 Å². The Hall–Kier alpha value is -3.41. The molecule has 1 unspecified atom stereocenters. The number of nitrogens with zero attached hydrogens (tertiary/aromatic N) is 3. The summed E-state index contributed by atoms with van der Waals surface area (Å²) < 4.78 is 30.2. The first-order valence-electron chi connectivity index (χ1n) is 12.0. The van der Waals surface area contributed by atoms with E-state index in [0.717, 1.165) is 30.2 Å². The molecule has 0 radical (unpaired) electrons. The van der Waals surface area contributed by atoms with Gasteiger partial charge in [0, 0.05) is 56.0 Å². The summed E-state index contributed by atoms with van der Waals surface area (Å²) in [5.74, 6) is -0.185. The molecule has 11 heteroatoms. The second kappa shape index (κ2) is 11.3. The van der Waals surface area contributed by atoms with Crippen LogP contribution in [-0.2, 0) is 30.8 Å². The van der Waals surface area contributed by atoms with Gasteiger partial charge in [0.15, 0.2) is 26.7 Å². The van der Waals surface area contributed by atoms with E-state index in [1.165, 1.54) is 17.6 Å². The lowest BCUT2D eigenvalue weighted by Gasteiger charge is -2.28. The monoisotopic (exact) mass is 526 g/mol. The fourth-order valence-corrected chi connectivity index (χ4v) is 4.80. The highest BCUT2D eigenvalue weighted by molar-refractivity contribution is 7.92. The summed E-state index contributed by atoms with van der Waals surface area (Å²) >= 11 is 0. The summed E-state index contributed by atoms with van der Waals surface area (Å²) in [7, 11) is -3.84. The van der Waals surface area contributed by atoms with Crippen molar-refractivity contribution in [2.75, 3.05) is 12.9 Å². The lowest BCUT2D eigenvalue weighted by molar-refractivity contribution is -0.201. The standard InChI is InChI=1S/C26H30N4O6S/c1-26(37(2,33)34,25(32)29-36-23-6-3-4-17-35-23)12-16-30-15-11-21(18-22(30)31)19-7-9-20(10-8-19)24-27-13-5-14-28-24/h5,7-11,13-15,18,23H,3-4,6,12,16-17H2,1-2H3,(H,29,32)/t23?,26-/m1/s1. The summed E-state index contributed by atoms with van der Waals surface area (Å²) in [6, 6.07) is 12.5. The normalized spacial score (nSPS) is 17.6. The molecule has 0 saturated carbocycles. The van der Waals surface area contributed by atoms with Crippen LogP contribution in [0.25, 0.3) is 22.5 Å². The molecule has 2 atom stereocenters. The van der Waals surface area contributed by atoms with Crippen LogP contribution in [0.4, 0.5) is 0 Å². The molecular formula is C26H30N4O6S. The number of amides is 1. The maximum atomic E-state index is 12.9. The van der Waals surface area contributed by atoms with Crippen LogP contribution in [0.3, 0.4) is 0 Å². The Morgan fingerprint density at radius 2 is 1.84 bits per heavy atom. The topological polar surface area (TPSA) is 129 Å². The highest BCUT2D eigenvalue weighted by atomic mass is 32.2. The van der Waals surface area contributed by atoms with Gasteiger partial charge in [-0.2, -0.15) is 0 Å². The van der Waals surface area contributed by atoms with Crippen LogP contribution in [0.1, 0.15) is 32.6 Å². The number of rotatable bonds is 9. The number of sulfone groups is 1. The SMILES string of the molecule is C[C@@](CCn1ccc(-c2ccc(-c3ncccn3)cc2)cc1=O)(C(=O)NOC1CCCCO1)S(C)(=O)=O. The Morgan fingerprint density at radius 1 is 1.14 bits per heavy atom. The van der Waals surface area contributed by atoms with E-state index in [2.05, 4.69) is 15.4 Å². The molecule has 1 amide bonds. The van der Waals surface area contributed by atoms with Gasteiger partial charge in [0.1, 0.15) is 0 Å². The summed E-state index contributed by atoms with van der Waals surface area (Å²) in [6.45, 7) is 1.88. The second-order valence-corrected chi connectivity index (χ2v) is 11.6. The lowest BCUT2D eigenvalue weighted by atomic mass is 10.0. The van der Waals surface area contributed by atoms with Gasteiger partial charge >= 0.3 is 0 Å². The third-order valence-corrected chi connectivity index (χ3v) is 8.61. The lowest BCUT2D eigenvalue weighted by Crippen LogP contribution is -2.51. The Kier molecular flexibility index (Phi) is 8.16. The predicted molar refractivity (Wildman–Crippen MR) is 138 cm³/mol. The summed E-state index contributed by atoms with van der Waals surface area (Å²) in [5.41, 5.74) is 4.36. The molecule has 37 heavy (non-hydrogen) atoms. The van der Waals surface area contributed by atoms with E-state index < -0.39 is 26.8 Å². The van der Waals surface area contributed by atoms with Gasteiger partial charge in [0.2, 0.25) is 0 Å². The predicted octanol–water partition coefficient (Wildman–Crippen LogP) is 2.74. The smallest absolute Gasteiger partial charge is 0.264 e. The van der Waals surface area contributed by atoms with Crippen LogP contribution in [-0.4, -0.2) is 52.8 Å². The van der Waals surface area contributed by atoms with Crippen molar-refractivity contribution in [1.29, 1.82) is 0 Å². The van der Waals surface area contributed by atoms with Crippen LogP contribution in [0.15, 0.2) is 65.8 Å². The molecule has 4 rings (SSSR count). The fraction of sp³-hybridized carbons (Fsp3) is 0.385. The minimum Gasteiger partial charge on any atom is -0.350 e. The molecule has 196 valence electrons. The van der Waals surface area contributed by atoms with Gasteiger partial charge in [-0.3, -0.25) is 9.59 Å². The molecule has 1 saturated heterocycles. The third-order valence-electron chi connectivity index (χ3n) is 6.59. The number of hydrogen-bond acceptors (Lipinski definition) is 8. The molecule has 1 aromatic carbocycles. The number of pyridine rings is 1. The summed E-state index contributed by atoms with van der Waals surface area (Å²) in [4.78, 5) is 39.5. The van der Waals surface area contributed by atoms with Crippen LogP contribution in [0.2, 0.25) is 0 Å². The first-order chi connectivity index (χ1) is 17.7. The van der Waals surface area contributed by atoms with Gasteiger partial charge in [-0.1, -0.05) is 24.3 Å². The molecular weight excluding hydrogens is 496 g/mol. The first kappa shape index (κ1) is 26.6. The molecule has 1 N–H and O–H groups in total. The molecule has 0 aliphatic carbocycles. The van der Waals surface area contributed by atoms with E-state index in [-0.39, 0.29) is 18.5 Å². The minimum atomic E-state index is -3.84. The largest absolute Gasteiger partial charge is 0.350 e. The van der Waals surface area contributed by atoms with Gasteiger partial charge < -0.3 is 9.30 Å². The number of ether oxygens (including phenoxy) is 1. The molecule has 0 spiro atoms. The molecule has 0 bridgehead atoms. The molecule has 3 heterocycles. The van der Waals surface area contributed by atoms with Gasteiger partial charge in [0.25, 0.3) is 11.5 Å². The molecule has 10 nitrogen and oxygen atoms in total.